The summed E-state index contributed by atoms with van der Waals surface area (Å²) in [5.74, 6) is 0.0504. The number of fused-ring (bicyclic) bond motifs is 1. The average Bonchev–Trinajstić information content (AvgIpc) is 2.73. The zero-order valence-electron chi connectivity index (χ0n) is 15.4. The number of ketones is 1. The fraction of sp³-hybridized carbons (Fsp3) is 0.125. The van der Waals surface area contributed by atoms with Crippen molar-refractivity contribution in [2.24, 2.45) is 0 Å². The van der Waals surface area contributed by atoms with Gasteiger partial charge in [-0.1, -0.05) is 61.5 Å². The second-order valence-electron chi connectivity index (χ2n) is 6.56. The molecular formula is C24H20N2O. The topological polar surface area (TPSA) is 42.9 Å². The van der Waals surface area contributed by atoms with Crippen LogP contribution in [0.3, 0.4) is 0 Å². The molecule has 0 aliphatic heterocycles. The van der Waals surface area contributed by atoms with Crippen molar-refractivity contribution in [2.45, 2.75) is 20.3 Å². The Bertz CT molecular complexity index is 1120. The smallest absolute Gasteiger partial charge is 0.160 e. The molecule has 132 valence electrons. The van der Waals surface area contributed by atoms with Crippen molar-refractivity contribution < 1.29 is 4.79 Å². The minimum Gasteiger partial charge on any atom is -0.294 e. The van der Waals surface area contributed by atoms with Crippen LogP contribution in [-0.2, 0) is 6.42 Å². The van der Waals surface area contributed by atoms with Gasteiger partial charge in [0.1, 0.15) is 0 Å². The van der Waals surface area contributed by atoms with E-state index in [1.165, 1.54) is 5.56 Å². The molecule has 3 heteroatoms. The van der Waals surface area contributed by atoms with Gasteiger partial charge in [-0.25, -0.2) is 4.98 Å². The lowest BCUT2D eigenvalue weighted by Crippen LogP contribution is -2.05. The van der Waals surface area contributed by atoms with Gasteiger partial charge in [-0.05, 0) is 36.1 Å². The zero-order valence-corrected chi connectivity index (χ0v) is 15.4. The van der Waals surface area contributed by atoms with E-state index in [4.69, 9.17) is 4.98 Å². The first kappa shape index (κ1) is 17.1. The maximum atomic E-state index is 12.4. The largest absolute Gasteiger partial charge is 0.294 e. The first-order chi connectivity index (χ1) is 13.2. The Morgan fingerprint density at radius 1 is 0.889 bits per heavy atom. The number of carbonyl (C=O) groups excluding carboxylic acids is 1. The molecule has 0 unspecified atom stereocenters. The van der Waals surface area contributed by atoms with E-state index in [-0.39, 0.29) is 5.78 Å². The predicted octanol–water partition coefficient (Wildman–Crippen LogP) is 5.73. The molecule has 2 aromatic carbocycles. The van der Waals surface area contributed by atoms with Gasteiger partial charge in [-0.3, -0.25) is 9.78 Å². The molecular weight excluding hydrogens is 332 g/mol. The SMILES string of the molecule is CCc1c(-c2ccc(-c3ccccc3)cc2)nc2ccncc2c1C(C)=O. The number of carbonyl (C=O) groups is 1. The van der Waals surface area contributed by atoms with Crippen LogP contribution >= 0.6 is 0 Å². The molecule has 3 nitrogen and oxygen atoms in total. The number of Topliss-reactive ketones (excluding diaryl/α,β-unsaturated/α-hetero) is 1. The van der Waals surface area contributed by atoms with Crippen molar-refractivity contribution >= 4 is 16.7 Å². The molecule has 4 rings (SSSR count). The fourth-order valence-electron chi connectivity index (χ4n) is 3.58. The predicted molar refractivity (Wildman–Crippen MR) is 110 cm³/mol. The van der Waals surface area contributed by atoms with Crippen LogP contribution in [0.2, 0.25) is 0 Å². The highest BCUT2D eigenvalue weighted by molar-refractivity contribution is 6.08. The third-order valence-corrected chi connectivity index (χ3v) is 4.86. The molecule has 0 aliphatic rings. The van der Waals surface area contributed by atoms with Crippen molar-refractivity contribution in [1.29, 1.82) is 0 Å². The normalized spacial score (nSPS) is 10.9. The molecule has 0 fully saturated rings. The lowest BCUT2D eigenvalue weighted by molar-refractivity contribution is 0.101. The van der Waals surface area contributed by atoms with Gasteiger partial charge in [-0.15, -0.1) is 0 Å². The summed E-state index contributed by atoms with van der Waals surface area (Å²) < 4.78 is 0. The standard InChI is InChI=1S/C24H20N2O/c1-3-20-23(16(2)27)21-15-25-14-13-22(21)26-24(20)19-11-9-18(10-12-19)17-7-5-4-6-8-17/h4-15H,3H2,1-2H3. The maximum Gasteiger partial charge on any atom is 0.160 e. The van der Waals surface area contributed by atoms with Crippen LogP contribution in [-0.4, -0.2) is 15.8 Å². The van der Waals surface area contributed by atoms with Crippen LogP contribution in [0, 0.1) is 0 Å². The van der Waals surface area contributed by atoms with Gasteiger partial charge in [-0.2, -0.15) is 0 Å². The quantitative estimate of drug-likeness (QED) is 0.441. The molecule has 4 aromatic rings. The third-order valence-electron chi connectivity index (χ3n) is 4.86. The Labute approximate surface area is 158 Å². The first-order valence-corrected chi connectivity index (χ1v) is 9.12. The maximum absolute atomic E-state index is 12.4. The molecule has 2 heterocycles. The fourth-order valence-corrected chi connectivity index (χ4v) is 3.58. The second-order valence-corrected chi connectivity index (χ2v) is 6.56. The number of benzene rings is 2. The van der Waals surface area contributed by atoms with E-state index in [2.05, 4.69) is 48.3 Å². The van der Waals surface area contributed by atoms with Crippen molar-refractivity contribution in [2.75, 3.05) is 0 Å². The Hall–Kier alpha value is -3.33. The number of aromatic nitrogens is 2. The number of nitrogens with zero attached hydrogens (tertiary/aromatic N) is 2. The monoisotopic (exact) mass is 352 g/mol. The van der Waals surface area contributed by atoms with Crippen LogP contribution in [0.1, 0.15) is 29.8 Å². The van der Waals surface area contributed by atoms with Crippen molar-refractivity contribution in [3.8, 4) is 22.4 Å². The summed E-state index contributed by atoms with van der Waals surface area (Å²) >= 11 is 0. The molecule has 0 N–H and O–H groups in total. The molecule has 0 radical (unpaired) electrons. The highest BCUT2D eigenvalue weighted by Gasteiger charge is 2.18. The first-order valence-electron chi connectivity index (χ1n) is 9.12. The minimum atomic E-state index is 0.0504. The van der Waals surface area contributed by atoms with Gasteiger partial charge in [0.15, 0.2) is 5.78 Å². The highest BCUT2D eigenvalue weighted by Crippen LogP contribution is 2.32. The molecule has 2 aromatic heterocycles. The Balaban J connectivity index is 1.90. The summed E-state index contributed by atoms with van der Waals surface area (Å²) in [6.07, 6.45) is 4.19. The Morgan fingerprint density at radius 2 is 1.56 bits per heavy atom. The third kappa shape index (κ3) is 3.13. The number of hydrogen-bond donors (Lipinski definition) is 0. The second kappa shape index (κ2) is 7.12. The summed E-state index contributed by atoms with van der Waals surface area (Å²) in [5.41, 5.74) is 6.76. The summed E-state index contributed by atoms with van der Waals surface area (Å²) in [6.45, 7) is 3.68. The number of rotatable bonds is 4. The molecule has 0 saturated carbocycles. The van der Waals surface area contributed by atoms with Gasteiger partial charge in [0, 0.05) is 28.9 Å². The van der Waals surface area contributed by atoms with E-state index < -0.39 is 0 Å². The van der Waals surface area contributed by atoms with E-state index in [9.17, 15) is 4.79 Å². The number of hydrogen-bond acceptors (Lipinski definition) is 3. The lowest BCUT2D eigenvalue weighted by atomic mass is 9.93. The lowest BCUT2D eigenvalue weighted by Gasteiger charge is -2.15. The van der Waals surface area contributed by atoms with Gasteiger partial charge in [0.05, 0.1) is 11.2 Å². The van der Waals surface area contributed by atoms with Crippen LogP contribution in [0.15, 0.2) is 73.1 Å². The number of pyridine rings is 2. The van der Waals surface area contributed by atoms with Gasteiger partial charge >= 0.3 is 0 Å². The minimum absolute atomic E-state index is 0.0504. The van der Waals surface area contributed by atoms with Crippen molar-refractivity contribution in [3.05, 3.63) is 84.2 Å². The van der Waals surface area contributed by atoms with E-state index in [1.54, 1.807) is 19.3 Å². The van der Waals surface area contributed by atoms with Gasteiger partial charge < -0.3 is 0 Å². The summed E-state index contributed by atoms with van der Waals surface area (Å²) in [5, 5.41) is 0.825. The molecule has 27 heavy (non-hydrogen) atoms. The Kier molecular flexibility index (Phi) is 4.51. The summed E-state index contributed by atoms with van der Waals surface area (Å²) in [7, 11) is 0. The molecule has 0 atom stereocenters. The van der Waals surface area contributed by atoms with Crippen LogP contribution in [0.25, 0.3) is 33.3 Å². The van der Waals surface area contributed by atoms with Crippen molar-refractivity contribution in [3.63, 3.8) is 0 Å². The zero-order chi connectivity index (χ0) is 18.8. The molecule has 0 bridgehead atoms. The molecule has 0 saturated heterocycles. The Morgan fingerprint density at radius 3 is 2.22 bits per heavy atom. The summed E-state index contributed by atoms with van der Waals surface area (Å²) in [4.78, 5) is 21.5. The molecule has 0 amide bonds. The van der Waals surface area contributed by atoms with Crippen LogP contribution in [0.4, 0.5) is 0 Å². The van der Waals surface area contributed by atoms with Crippen LogP contribution < -0.4 is 0 Å². The molecule has 0 spiro atoms. The van der Waals surface area contributed by atoms with E-state index in [0.29, 0.717) is 0 Å². The average molecular weight is 352 g/mol. The van der Waals surface area contributed by atoms with Crippen LogP contribution in [0.5, 0.6) is 0 Å². The van der Waals surface area contributed by atoms with Gasteiger partial charge in [0.2, 0.25) is 0 Å². The van der Waals surface area contributed by atoms with Crippen molar-refractivity contribution in [1.82, 2.24) is 9.97 Å². The molecule has 0 aliphatic carbocycles. The summed E-state index contributed by atoms with van der Waals surface area (Å²) in [6, 6.07) is 20.5. The van der Waals surface area contributed by atoms with E-state index >= 15 is 0 Å². The van der Waals surface area contributed by atoms with E-state index in [0.717, 1.165) is 45.3 Å². The van der Waals surface area contributed by atoms with E-state index in [1.807, 2.05) is 24.3 Å². The van der Waals surface area contributed by atoms with Gasteiger partial charge in [0.25, 0.3) is 0 Å². The highest BCUT2D eigenvalue weighted by atomic mass is 16.1.